The Bertz CT molecular complexity index is 1030. The lowest BCUT2D eigenvalue weighted by Gasteiger charge is -2.22. The SMILES string of the molecule is C[C@@H](C(N)=O)n1cc(-c2cccc(C(=O)N(Cc3cccnc3)C3CC3)c2)cn1. The van der Waals surface area contributed by atoms with Crippen LogP contribution in [-0.4, -0.2) is 37.5 Å². The molecule has 1 atom stereocenters. The van der Waals surface area contributed by atoms with Crippen LogP contribution in [0.4, 0.5) is 0 Å². The summed E-state index contributed by atoms with van der Waals surface area (Å²) >= 11 is 0. The van der Waals surface area contributed by atoms with Gasteiger partial charge in [-0.1, -0.05) is 18.2 Å². The molecule has 1 aromatic carbocycles. The number of aromatic nitrogens is 3. The summed E-state index contributed by atoms with van der Waals surface area (Å²) in [5.41, 5.74) is 8.71. The minimum atomic E-state index is -0.529. The van der Waals surface area contributed by atoms with Gasteiger partial charge in [0, 0.05) is 42.3 Å². The topological polar surface area (TPSA) is 94.1 Å². The quantitative estimate of drug-likeness (QED) is 0.672. The van der Waals surface area contributed by atoms with Crippen molar-refractivity contribution in [3.05, 3.63) is 72.3 Å². The van der Waals surface area contributed by atoms with Crippen LogP contribution in [-0.2, 0) is 11.3 Å². The van der Waals surface area contributed by atoms with Crippen LogP contribution in [0.3, 0.4) is 0 Å². The first-order valence-corrected chi connectivity index (χ1v) is 9.66. The van der Waals surface area contributed by atoms with Crippen LogP contribution in [0.25, 0.3) is 11.1 Å². The molecule has 0 spiro atoms. The van der Waals surface area contributed by atoms with E-state index in [1.165, 1.54) is 4.68 Å². The molecule has 0 saturated heterocycles. The van der Waals surface area contributed by atoms with Crippen LogP contribution in [0.2, 0.25) is 0 Å². The Morgan fingerprint density at radius 1 is 1.21 bits per heavy atom. The van der Waals surface area contributed by atoms with E-state index in [0.29, 0.717) is 12.1 Å². The molecule has 2 aromatic heterocycles. The van der Waals surface area contributed by atoms with Gasteiger partial charge in [0.05, 0.1) is 6.20 Å². The maximum atomic E-state index is 13.2. The molecule has 29 heavy (non-hydrogen) atoms. The molecule has 0 unspecified atom stereocenters. The number of hydrogen-bond donors (Lipinski definition) is 1. The number of rotatable bonds is 7. The van der Waals surface area contributed by atoms with Crippen molar-refractivity contribution in [2.45, 2.75) is 38.4 Å². The van der Waals surface area contributed by atoms with E-state index in [2.05, 4.69) is 10.1 Å². The highest BCUT2D eigenvalue weighted by Crippen LogP contribution is 2.30. The molecule has 2 heterocycles. The van der Waals surface area contributed by atoms with Gasteiger partial charge in [-0.3, -0.25) is 19.3 Å². The lowest BCUT2D eigenvalue weighted by Crippen LogP contribution is -2.32. The van der Waals surface area contributed by atoms with Crippen molar-refractivity contribution in [3.63, 3.8) is 0 Å². The van der Waals surface area contributed by atoms with Gasteiger partial charge in [0.2, 0.25) is 5.91 Å². The summed E-state index contributed by atoms with van der Waals surface area (Å²) < 4.78 is 1.53. The van der Waals surface area contributed by atoms with E-state index in [9.17, 15) is 9.59 Å². The summed E-state index contributed by atoms with van der Waals surface area (Å²) in [6.07, 6.45) is 9.04. The fraction of sp³-hybridized carbons (Fsp3) is 0.273. The van der Waals surface area contributed by atoms with E-state index >= 15 is 0 Å². The molecule has 2 amide bonds. The summed E-state index contributed by atoms with van der Waals surface area (Å²) in [7, 11) is 0. The number of nitrogens with two attached hydrogens (primary N) is 1. The average molecular weight is 389 g/mol. The van der Waals surface area contributed by atoms with Gasteiger partial charge >= 0.3 is 0 Å². The number of nitrogens with zero attached hydrogens (tertiary/aromatic N) is 4. The molecule has 0 radical (unpaired) electrons. The Morgan fingerprint density at radius 3 is 2.72 bits per heavy atom. The summed E-state index contributed by atoms with van der Waals surface area (Å²) in [5, 5.41) is 4.23. The Labute approximate surface area is 169 Å². The molecule has 1 saturated carbocycles. The second-order valence-corrected chi connectivity index (χ2v) is 7.39. The zero-order valence-corrected chi connectivity index (χ0v) is 16.2. The van der Waals surface area contributed by atoms with Crippen molar-refractivity contribution in [3.8, 4) is 11.1 Å². The summed E-state index contributed by atoms with van der Waals surface area (Å²) in [6, 6.07) is 11.1. The van der Waals surface area contributed by atoms with Crippen molar-refractivity contribution in [2.24, 2.45) is 5.73 Å². The number of carbonyl (C=O) groups excluding carboxylic acids is 2. The molecule has 2 N–H and O–H groups in total. The van der Waals surface area contributed by atoms with Crippen LogP contribution in [0.1, 0.15) is 41.7 Å². The summed E-state index contributed by atoms with van der Waals surface area (Å²) in [5.74, 6) is -0.435. The second kappa shape index (κ2) is 7.87. The van der Waals surface area contributed by atoms with Crippen LogP contribution in [0.15, 0.2) is 61.2 Å². The van der Waals surface area contributed by atoms with Crippen molar-refractivity contribution >= 4 is 11.8 Å². The number of pyridine rings is 1. The highest BCUT2D eigenvalue weighted by atomic mass is 16.2. The summed E-state index contributed by atoms with van der Waals surface area (Å²) in [4.78, 5) is 30.7. The van der Waals surface area contributed by atoms with Gasteiger partial charge in [0.25, 0.3) is 5.91 Å². The molecule has 1 fully saturated rings. The monoisotopic (exact) mass is 389 g/mol. The second-order valence-electron chi connectivity index (χ2n) is 7.39. The van der Waals surface area contributed by atoms with Gasteiger partial charge in [0.1, 0.15) is 6.04 Å². The van der Waals surface area contributed by atoms with Crippen LogP contribution >= 0.6 is 0 Å². The number of benzene rings is 1. The molecule has 1 aliphatic carbocycles. The highest BCUT2D eigenvalue weighted by molar-refractivity contribution is 5.95. The van der Waals surface area contributed by atoms with Gasteiger partial charge < -0.3 is 10.6 Å². The number of primary amides is 1. The van der Waals surface area contributed by atoms with E-state index in [4.69, 9.17) is 5.73 Å². The van der Waals surface area contributed by atoms with Gasteiger partial charge in [-0.2, -0.15) is 5.10 Å². The Balaban J connectivity index is 1.57. The van der Waals surface area contributed by atoms with Crippen molar-refractivity contribution < 1.29 is 9.59 Å². The first kappa shape index (κ1) is 18.9. The number of amides is 2. The smallest absolute Gasteiger partial charge is 0.254 e. The van der Waals surface area contributed by atoms with E-state index in [0.717, 1.165) is 29.5 Å². The lowest BCUT2D eigenvalue weighted by molar-refractivity contribution is -0.120. The van der Waals surface area contributed by atoms with Crippen LogP contribution < -0.4 is 5.73 Å². The molecule has 7 nitrogen and oxygen atoms in total. The molecule has 4 rings (SSSR count). The fourth-order valence-electron chi connectivity index (χ4n) is 3.27. The fourth-order valence-corrected chi connectivity index (χ4v) is 3.27. The molecular formula is C22H23N5O2. The predicted octanol–water partition coefficient (Wildman–Crippen LogP) is 2.80. The normalized spacial score (nSPS) is 14.4. The maximum Gasteiger partial charge on any atom is 0.254 e. The third-order valence-electron chi connectivity index (χ3n) is 5.18. The highest BCUT2D eigenvalue weighted by Gasteiger charge is 2.33. The molecule has 148 valence electrons. The van der Waals surface area contributed by atoms with Gasteiger partial charge in [0.15, 0.2) is 0 Å². The predicted molar refractivity (Wildman–Crippen MR) is 109 cm³/mol. The van der Waals surface area contributed by atoms with E-state index in [1.807, 2.05) is 41.3 Å². The standard InChI is InChI=1S/C22H23N5O2/c1-15(21(23)28)27-14-19(12-25-27)17-5-2-6-18(10-17)22(29)26(20-7-8-20)13-16-4-3-9-24-11-16/h2-6,9-12,14-15,20H,7-8,13H2,1H3,(H2,23,28)/t15-/m0/s1. The maximum absolute atomic E-state index is 13.2. The minimum absolute atomic E-state index is 0.0103. The number of carbonyl (C=O) groups is 2. The molecule has 3 aromatic rings. The van der Waals surface area contributed by atoms with Gasteiger partial charge in [-0.05, 0) is 49.1 Å². The number of hydrogen-bond acceptors (Lipinski definition) is 4. The Morgan fingerprint density at radius 2 is 2.03 bits per heavy atom. The van der Waals surface area contributed by atoms with Crippen molar-refractivity contribution in [2.75, 3.05) is 0 Å². The first-order chi connectivity index (χ1) is 14.0. The Hall–Kier alpha value is -3.48. The van der Waals surface area contributed by atoms with E-state index in [1.54, 1.807) is 31.7 Å². The summed E-state index contributed by atoms with van der Waals surface area (Å²) in [6.45, 7) is 2.25. The lowest BCUT2D eigenvalue weighted by atomic mass is 10.1. The van der Waals surface area contributed by atoms with E-state index < -0.39 is 11.9 Å². The molecule has 7 heteroatoms. The first-order valence-electron chi connectivity index (χ1n) is 9.66. The van der Waals surface area contributed by atoms with Crippen LogP contribution in [0.5, 0.6) is 0 Å². The zero-order chi connectivity index (χ0) is 20.4. The minimum Gasteiger partial charge on any atom is -0.368 e. The third kappa shape index (κ3) is 4.18. The van der Waals surface area contributed by atoms with Gasteiger partial charge in [-0.25, -0.2) is 0 Å². The largest absolute Gasteiger partial charge is 0.368 e. The zero-order valence-electron chi connectivity index (χ0n) is 16.2. The van der Waals surface area contributed by atoms with Gasteiger partial charge in [-0.15, -0.1) is 0 Å². The molecular weight excluding hydrogens is 366 g/mol. The van der Waals surface area contributed by atoms with Crippen molar-refractivity contribution in [1.82, 2.24) is 19.7 Å². The molecule has 0 aliphatic heterocycles. The molecule has 1 aliphatic rings. The molecule has 0 bridgehead atoms. The van der Waals surface area contributed by atoms with E-state index in [-0.39, 0.29) is 11.9 Å². The Kier molecular flexibility index (Phi) is 5.12. The van der Waals surface area contributed by atoms with Crippen LogP contribution in [0, 0.1) is 0 Å². The third-order valence-corrected chi connectivity index (χ3v) is 5.18. The van der Waals surface area contributed by atoms with Crippen molar-refractivity contribution in [1.29, 1.82) is 0 Å². The average Bonchev–Trinajstić information content (AvgIpc) is 3.47.